The number of aliphatic hydroxyl groups excluding tert-OH is 1. The van der Waals surface area contributed by atoms with Gasteiger partial charge in [-0.05, 0) is 37.6 Å². The minimum absolute atomic E-state index is 0.285. The number of hydrazine groups is 1. The lowest BCUT2D eigenvalue weighted by Gasteiger charge is -2.12. The number of nitrogens with one attached hydrogen (secondary N) is 2. The van der Waals surface area contributed by atoms with Crippen LogP contribution in [0.2, 0.25) is 0 Å². The summed E-state index contributed by atoms with van der Waals surface area (Å²) in [5.74, 6) is -0.600. The van der Waals surface area contributed by atoms with Crippen LogP contribution in [-0.2, 0) is 4.79 Å². The van der Waals surface area contributed by atoms with Crippen LogP contribution in [0.1, 0.15) is 40.0 Å². The fourth-order valence-electron chi connectivity index (χ4n) is 2.11. The van der Waals surface area contributed by atoms with Crippen LogP contribution in [0.15, 0.2) is 34.7 Å². The first-order chi connectivity index (χ1) is 10.9. The number of amides is 2. The third kappa shape index (κ3) is 4.40. The molecule has 2 amide bonds. The quantitative estimate of drug-likeness (QED) is 0.751. The molecule has 0 bridgehead atoms. The highest BCUT2D eigenvalue weighted by Gasteiger charge is 2.16. The van der Waals surface area contributed by atoms with Crippen molar-refractivity contribution in [3.05, 3.63) is 58.8 Å². The third-order valence-electron chi connectivity index (χ3n) is 3.21. The molecule has 6 nitrogen and oxygen atoms in total. The van der Waals surface area contributed by atoms with Crippen molar-refractivity contribution >= 4 is 11.8 Å². The molecule has 1 aromatic carbocycles. The number of carbonyl (C=O) groups is 2. The predicted molar refractivity (Wildman–Crippen MR) is 79.8 cm³/mol. The standard InChI is InChI=1S/C16H17FN2O4/c1-9-6-13(10(2)23-9)16(22)19-18-15(21)8-14(20)11-4-3-5-12(17)7-11/h3-7,14,20H,8H2,1-2H3,(H,18,21)(H,19,22). The van der Waals surface area contributed by atoms with Crippen molar-refractivity contribution < 1.29 is 23.5 Å². The maximum atomic E-state index is 13.1. The fraction of sp³-hybridized carbons (Fsp3) is 0.250. The van der Waals surface area contributed by atoms with Crippen LogP contribution in [-0.4, -0.2) is 16.9 Å². The van der Waals surface area contributed by atoms with Gasteiger partial charge < -0.3 is 9.52 Å². The Labute approximate surface area is 132 Å². The van der Waals surface area contributed by atoms with Gasteiger partial charge in [-0.2, -0.15) is 0 Å². The zero-order valence-electron chi connectivity index (χ0n) is 12.7. The average molecular weight is 320 g/mol. The summed E-state index contributed by atoms with van der Waals surface area (Å²) >= 11 is 0. The molecule has 2 aromatic rings. The van der Waals surface area contributed by atoms with E-state index in [1.165, 1.54) is 18.2 Å². The monoisotopic (exact) mass is 320 g/mol. The largest absolute Gasteiger partial charge is 0.466 e. The van der Waals surface area contributed by atoms with E-state index in [0.29, 0.717) is 17.1 Å². The van der Waals surface area contributed by atoms with E-state index in [2.05, 4.69) is 10.9 Å². The van der Waals surface area contributed by atoms with Gasteiger partial charge in [-0.1, -0.05) is 12.1 Å². The molecule has 0 spiro atoms. The van der Waals surface area contributed by atoms with Gasteiger partial charge >= 0.3 is 0 Å². The van der Waals surface area contributed by atoms with Crippen LogP contribution in [0.25, 0.3) is 0 Å². The number of benzene rings is 1. The molecular weight excluding hydrogens is 303 g/mol. The highest BCUT2D eigenvalue weighted by molar-refractivity contribution is 5.96. The minimum atomic E-state index is -1.17. The molecule has 23 heavy (non-hydrogen) atoms. The molecule has 1 atom stereocenters. The van der Waals surface area contributed by atoms with Gasteiger partial charge in [0.1, 0.15) is 17.3 Å². The molecule has 0 aliphatic heterocycles. The Kier molecular flexibility index (Phi) is 5.13. The topological polar surface area (TPSA) is 91.6 Å². The Hall–Kier alpha value is -2.67. The van der Waals surface area contributed by atoms with Gasteiger partial charge in [0.05, 0.1) is 18.1 Å². The molecule has 7 heteroatoms. The van der Waals surface area contributed by atoms with Crippen molar-refractivity contribution in [3.63, 3.8) is 0 Å². The lowest BCUT2D eigenvalue weighted by molar-refractivity contribution is -0.123. The van der Waals surface area contributed by atoms with Crippen LogP contribution in [0, 0.1) is 19.7 Å². The maximum Gasteiger partial charge on any atom is 0.273 e. The predicted octanol–water partition coefficient (Wildman–Crippen LogP) is 1.92. The van der Waals surface area contributed by atoms with Gasteiger partial charge in [0.2, 0.25) is 5.91 Å². The first-order valence-corrected chi connectivity index (χ1v) is 6.96. The Balaban J connectivity index is 1.87. The first kappa shape index (κ1) is 16.7. The number of aliphatic hydroxyl groups is 1. The van der Waals surface area contributed by atoms with Crippen molar-refractivity contribution in [2.24, 2.45) is 0 Å². The SMILES string of the molecule is Cc1cc(C(=O)NNC(=O)CC(O)c2cccc(F)c2)c(C)o1. The maximum absolute atomic E-state index is 13.1. The number of hydrogen-bond donors (Lipinski definition) is 3. The summed E-state index contributed by atoms with van der Waals surface area (Å²) in [6, 6.07) is 6.90. The van der Waals surface area contributed by atoms with Crippen molar-refractivity contribution in [1.82, 2.24) is 10.9 Å². The molecule has 0 saturated carbocycles. The molecule has 1 unspecified atom stereocenters. The summed E-state index contributed by atoms with van der Waals surface area (Å²) in [6.45, 7) is 3.34. The Morgan fingerprint density at radius 2 is 2.00 bits per heavy atom. The second kappa shape index (κ2) is 7.06. The van der Waals surface area contributed by atoms with E-state index >= 15 is 0 Å². The van der Waals surface area contributed by atoms with Gasteiger partial charge in [-0.15, -0.1) is 0 Å². The van der Waals surface area contributed by atoms with E-state index in [1.54, 1.807) is 19.9 Å². The number of rotatable bonds is 4. The highest BCUT2D eigenvalue weighted by Crippen LogP contribution is 2.17. The Bertz CT molecular complexity index is 727. The van der Waals surface area contributed by atoms with Crippen LogP contribution < -0.4 is 10.9 Å². The normalized spacial score (nSPS) is 11.8. The van der Waals surface area contributed by atoms with Gasteiger partial charge in [-0.25, -0.2) is 4.39 Å². The van der Waals surface area contributed by atoms with Crippen LogP contribution in [0.5, 0.6) is 0 Å². The van der Waals surface area contributed by atoms with E-state index < -0.39 is 23.7 Å². The summed E-state index contributed by atoms with van der Waals surface area (Å²) < 4.78 is 18.3. The molecule has 3 N–H and O–H groups in total. The van der Waals surface area contributed by atoms with E-state index in [4.69, 9.17) is 4.42 Å². The van der Waals surface area contributed by atoms with Crippen molar-refractivity contribution in [2.45, 2.75) is 26.4 Å². The van der Waals surface area contributed by atoms with Crippen LogP contribution in [0.4, 0.5) is 4.39 Å². The zero-order valence-corrected chi connectivity index (χ0v) is 12.7. The van der Waals surface area contributed by atoms with Crippen LogP contribution in [0.3, 0.4) is 0 Å². The fourth-order valence-corrected chi connectivity index (χ4v) is 2.11. The smallest absolute Gasteiger partial charge is 0.273 e. The molecule has 0 aliphatic rings. The Morgan fingerprint density at radius 1 is 1.26 bits per heavy atom. The van der Waals surface area contributed by atoms with Gasteiger partial charge in [-0.3, -0.25) is 20.4 Å². The third-order valence-corrected chi connectivity index (χ3v) is 3.21. The molecular formula is C16H17FN2O4. The number of hydrogen-bond acceptors (Lipinski definition) is 4. The summed E-state index contributed by atoms with van der Waals surface area (Å²) in [5, 5.41) is 9.89. The van der Waals surface area contributed by atoms with Gasteiger partial charge in [0.15, 0.2) is 0 Å². The van der Waals surface area contributed by atoms with E-state index in [1.807, 2.05) is 0 Å². The zero-order chi connectivity index (χ0) is 17.0. The van der Waals surface area contributed by atoms with Crippen molar-refractivity contribution in [3.8, 4) is 0 Å². The Morgan fingerprint density at radius 3 is 2.61 bits per heavy atom. The van der Waals surface area contributed by atoms with E-state index in [-0.39, 0.29) is 12.0 Å². The lowest BCUT2D eigenvalue weighted by Crippen LogP contribution is -2.42. The molecule has 1 heterocycles. The molecule has 0 saturated heterocycles. The van der Waals surface area contributed by atoms with Crippen molar-refractivity contribution in [2.75, 3.05) is 0 Å². The van der Waals surface area contributed by atoms with Crippen molar-refractivity contribution in [1.29, 1.82) is 0 Å². The van der Waals surface area contributed by atoms with E-state index in [9.17, 15) is 19.1 Å². The molecule has 2 rings (SSSR count). The average Bonchev–Trinajstić information content (AvgIpc) is 2.83. The molecule has 0 aliphatic carbocycles. The highest BCUT2D eigenvalue weighted by atomic mass is 19.1. The minimum Gasteiger partial charge on any atom is -0.466 e. The summed E-state index contributed by atoms with van der Waals surface area (Å²) in [6.07, 6.45) is -1.48. The summed E-state index contributed by atoms with van der Waals surface area (Å²) in [5.41, 5.74) is 5.03. The number of aryl methyl sites for hydroxylation is 2. The van der Waals surface area contributed by atoms with Gasteiger partial charge in [0, 0.05) is 0 Å². The summed E-state index contributed by atoms with van der Waals surface area (Å²) in [7, 11) is 0. The number of furan rings is 1. The molecule has 1 aromatic heterocycles. The summed E-state index contributed by atoms with van der Waals surface area (Å²) in [4.78, 5) is 23.6. The second-order valence-electron chi connectivity index (χ2n) is 5.10. The van der Waals surface area contributed by atoms with Gasteiger partial charge in [0.25, 0.3) is 5.91 Å². The molecule has 0 radical (unpaired) electrons. The lowest BCUT2D eigenvalue weighted by atomic mass is 10.1. The van der Waals surface area contributed by atoms with Crippen LogP contribution >= 0.6 is 0 Å². The molecule has 122 valence electrons. The van der Waals surface area contributed by atoms with E-state index in [0.717, 1.165) is 6.07 Å². The molecule has 0 fully saturated rings. The number of carbonyl (C=O) groups excluding carboxylic acids is 2. The number of halogens is 1. The first-order valence-electron chi connectivity index (χ1n) is 6.96. The second-order valence-corrected chi connectivity index (χ2v) is 5.10.